The number of hydrogen-bond acceptors (Lipinski definition) is 4. The van der Waals surface area contributed by atoms with Gasteiger partial charge in [-0.15, -0.1) is 11.3 Å². The molecule has 1 aromatic rings. The lowest BCUT2D eigenvalue weighted by molar-refractivity contribution is -0.107. The number of aldehydes is 1. The maximum absolute atomic E-state index is 10.3. The quantitative estimate of drug-likeness (QED) is 0.743. The number of aromatic nitrogens is 1. The average molecular weight is 227 g/mol. The molecule has 0 radical (unpaired) electrons. The van der Waals surface area contributed by atoms with Crippen LogP contribution in [0, 0.1) is 0 Å². The van der Waals surface area contributed by atoms with Gasteiger partial charge in [0.1, 0.15) is 6.29 Å². The Bertz CT molecular complexity index is 305. The molecule has 2 heterocycles. The third kappa shape index (κ3) is 2.36. The fraction of sp³-hybridized carbons (Fsp3) is 0.600. The van der Waals surface area contributed by atoms with Gasteiger partial charge in [0.15, 0.2) is 0 Å². The van der Waals surface area contributed by atoms with E-state index in [1.165, 1.54) is 29.4 Å². The molecule has 1 saturated heterocycles. The van der Waals surface area contributed by atoms with E-state index in [1.807, 2.05) is 18.0 Å². The monoisotopic (exact) mass is 227 g/mol. The summed E-state index contributed by atoms with van der Waals surface area (Å²) in [7, 11) is 0. The number of carbonyl (C=O) groups excluding carboxylic acids is 1. The van der Waals surface area contributed by atoms with Crippen molar-refractivity contribution in [1.29, 1.82) is 0 Å². The van der Waals surface area contributed by atoms with Gasteiger partial charge in [0, 0.05) is 29.2 Å². The summed E-state index contributed by atoms with van der Waals surface area (Å²) in [6, 6.07) is 0. The Morgan fingerprint density at radius 2 is 2.57 bits per heavy atom. The molecule has 1 atom stereocenters. The standard InChI is InChI=1S/C10H13NOS2/c12-4-3-9-6-11-10(14-9)8-2-1-5-13-7-8/h4,6,8H,1-3,5,7H2. The number of nitrogens with zero attached hydrogens (tertiary/aromatic N) is 1. The highest BCUT2D eigenvalue weighted by molar-refractivity contribution is 7.99. The van der Waals surface area contributed by atoms with Gasteiger partial charge in [-0.25, -0.2) is 4.98 Å². The van der Waals surface area contributed by atoms with Crippen LogP contribution in [0.25, 0.3) is 0 Å². The van der Waals surface area contributed by atoms with Crippen LogP contribution in [0.5, 0.6) is 0 Å². The zero-order chi connectivity index (χ0) is 9.80. The van der Waals surface area contributed by atoms with E-state index in [-0.39, 0.29) is 0 Å². The first kappa shape index (κ1) is 10.2. The zero-order valence-corrected chi connectivity index (χ0v) is 9.57. The van der Waals surface area contributed by atoms with Crippen LogP contribution < -0.4 is 0 Å². The molecule has 0 spiro atoms. The highest BCUT2D eigenvalue weighted by Crippen LogP contribution is 2.33. The summed E-state index contributed by atoms with van der Waals surface area (Å²) in [5.74, 6) is 3.14. The van der Waals surface area contributed by atoms with Gasteiger partial charge >= 0.3 is 0 Å². The predicted octanol–water partition coefficient (Wildman–Crippen LogP) is 2.50. The molecule has 0 amide bonds. The van der Waals surface area contributed by atoms with Crippen molar-refractivity contribution < 1.29 is 4.79 Å². The minimum atomic E-state index is 0.525. The van der Waals surface area contributed by atoms with Crippen molar-refractivity contribution in [1.82, 2.24) is 4.98 Å². The maximum atomic E-state index is 10.3. The van der Waals surface area contributed by atoms with Gasteiger partial charge < -0.3 is 4.79 Å². The van der Waals surface area contributed by atoms with Gasteiger partial charge in [-0.3, -0.25) is 0 Å². The van der Waals surface area contributed by atoms with Gasteiger partial charge in [0.05, 0.1) is 5.01 Å². The molecule has 1 aromatic heterocycles. The average Bonchev–Trinajstić information content (AvgIpc) is 2.68. The summed E-state index contributed by atoms with van der Waals surface area (Å²) in [6.45, 7) is 0. The van der Waals surface area contributed by atoms with E-state index in [2.05, 4.69) is 4.98 Å². The van der Waals surface area contributed by atoms with Crippen LogP contribution in [-0.2, 0) is 11.2 Å². The van der Waals surface area contributed by atoms with Crippen LogP contribution in [0.3, 0.4) is 0 Å². The molecule has 2 rings (SSSR count). The first-order valence-corrected chi connectivity index (χ1v) is 6.83. The maximum Gasteiger partial charge on any atom is 0.125 e. The van der Waals surface area contributed by atoms with Crippen molar-refractivity contribution in [3.63, 3.8) is 0 Å². The van der Waals surface area contributed by atoms with Crippen molar-refractivity contribution in [2.45, 2.75) is 25.2 Å². The van der Waals surface area contributed by atoms with E-state index in [0.717, 1.165) is 11.2 Å². The topological polar surface area (TPSA) is 30.0 Å². The molecule has 0 bridgehead atoms. The summed E-state index contributed by atoms with van der Waals surface area (Å²) in [5, 5.41) is 1.23. The van der Waals surface area contributed by atoms with E-state index in [9.17, 15) is 4.79 Å². The van der Waals surface area contributed by atoms with Gasteiger partial charge in [-0.05, 0) is 18.6 Å². The molecule has 2 nitrogen and oxygen atoms in total. The van der Waals surface area contributed by atoms with Crippen LogP contribution in [0.2, 0.25) is 0 Å². The van der Waals surface area contributed by atoms with Crippen molar-refractivity contribution in [3.05, 3.63) is 16.1 Å². The summed E-state index contributed by atoms with van der Waals surface area (Å²) in [6.07, 6.45) is 5.90. The Balaban J connectivity index is 2.03. The second-order valence-corrected chi connectivity index (χ2v) is 5.75. The molecule has 1 aliphatic rings. The second-order valence-electron chi connectivity index (χ2n) is 3.45. The Morgan fingerprint density at radius 3 is 3.29 bits per heavy atom. The van der Waals surface area contributed by atoms with Crippen LogP contribution >= 0.6 is 23.1 Å². The van der Waals surface area contributed by atoms with E-state index < -0.39 is 0 Å². The van der Waals surface area contributed by atoms with E-state index in [0.29, 0.717) is 12.3 Å². The Morgan fingerprint density at radius 1 is 1.64 bits per heavy atom. The van der Waals surface area contributed by atoms with Crippen molar-refractivity contribution in [2.24, 2.45) is 0 Å². The van der Waals surface area contributed by atoms with E-state index in [1.54, 1.807) is 11.3 Å². The molecule has 1 fully saturated rings. The molecule has 14 heavy (non-hydrogen) atoms. The van der Waals surface area contributed by atoms with Gasteiger partial charge in [-0.1, -0.05) is 0 Å². The van der Waals surface area contributed by atoms with Crippen molar-refractivity contribution >= 4 is 29.4 Å². The molecule has 4 heteroatoms. The zero-order valence-electron chi connectivity index (χ0n) is 7.94. The summed E-state index contributed by atoms with van der Waals surface area (Å²) in [5.41, 5.74) is 0. The van der Waals surface area contributed by atoms with Crippen molar-refractivity contribution in [2.75, 3.05) is 11.5 Å². The third-order valence-electron chi connectivity index (χ3n) is 2.37. The van der Waals surface area contributed by atoms with Gasteiger partial charge in [0.2, 0.25) is 0 Å². The molecular weight excluding hydrogens is 214 g/mol. The van der Waals surface area contributed by atoms with Gasteiger partial charge in [-0.2, -0.15) is 11.8 Å². The molecule has 0 saturated carbocycles. The fourth-order valence-corrected chi connectivity index (χ4v) is 3.87. The minimum absolute atomic E-state index is 0.525. The molecule has 0 N–H and O–H groups in total. The Kier molecular flexibility index (Phi) is 3.59. The largest absolute Gasteiger partial charge is 0.303 e. The lowest BCUT2D eigenvalue weighted by atomic mass is 10.1. The normalized spacial score (nSPS) is 22.1. The number of carbonyl (C=O) groups is 1. The second kappa shape index (κ2) is 4.94. The number of hydrogen-bond donors (Lipinski definition) is 0. The van der Waals surface area contributed by atoms with Crippen LogP contribution in [0.1, 0.15) is 28.6 Å². The van der Waals surface area contributed by atoms with E-state index >= 15 is 0 Å². The first-order chi connectivity index (χ1) is 6.90. The molecule has 1 unspecified atom stereocenters. The number of thioether (sulfide) groups is 1. The smallest absolute Gasteiger partial charge is 0.125 e. The molecule has 0 aromatic carbocycles. The highest BCUT2D eigenvalue weighted by Gasteiger charge is 2.18. The predicted molar refractivity (Wildman–Crippen MR) is 61.2 cm³/mol. The lowest BCUT2D eigenvalue weighted by Gasteiger charge is -2.18. The first-order valence-electron chi connectivity index (χ1n) is 4.86. The fourth-order valence-electron chi connectivity index (χ4n) is 1.62. The van der Waals surface area contributed by atoms with Crippen LogP contribution in [0.15, 0.2) is 6.20 Å². The van der Waals surface area contributed by atoms with Crippen molar-refractivity contribution in [3.8, 4) is 0 Å². The van der Waals surface area contributed by atoms with Gasteiger partial charge in [0.25, 0.3) is 0 Å². The van der Waals surface area contributed by atoms with E-state index in [4.69, 9.17) is 0 Å². The number of thiazole rings is 1. The highest BCUT2D eigenvalue weighted by atomic mass is 32.2. The summed E-state index contributed by atoms with van der Waals surface area (Å²) in [4.78, 5) is 15.8. The Labute approximate surface area is 92.1 Å². The third-order valence-corrected chi connectivity index (χ3v) is 4.76. The molecule has 0 aliphatic carbocycles. The summed E-state index contributed by atoms with van der Waals surface area (Å²) >= 11 is 3.73. The van der Waals surface area contributed by atoms with Crippen LogP contribution in [-0.4, -0.2) is 22.8 Å². The Hall–Kier alpha value is -0.350. The lowest BCUT2D eigenvalue weighted by Crippen LogP contribution is -2.07. The minimum Gasteiger partial charge on any atom is -0.303 e. The SMILES string of the molecule is O=CCc1cnc(C2CCCSC2)s1. The molecular formula is C10H13NOS2. The molecule has 1 aliphatic heterocycles. The molecule has 76 valence electrons. The summed E-state index contributed by atoms with van der Waals surface area (Å²) < 4.78 is 0. The van der Waals surface area contributed by atoms with Crippen LogP contribution in [0.4, 0.5) is 0 Å². The number of rotatable bonds is 3.